The van der Waals surface area contributed by atoms with Crippen LogP contribution in [0.2, 0.25) is 0 Å². The molecule has 2 aliphatic rings. The second-order valence-corrected chi connectivity index (χ2v) is 6.60. The number of aryl methyl sites for hydroxylation is 1. The van der Waals surface area contributed by atoms with Gasteiger partial charge in [-0.1, -0.05) is 0 Å². The van der Waals surface area contributed by atoms with Crippen LogP contribution in [0, 0.1) is 23.0 Å². The Kier molecular flexibility index (Phi) is 9.06. The Labute approximate surface area is 166 Å². The maximum Gasteiger partial charge on any atom is 0.277 e. The summed E-state index contributed by atoms with van der Waals surface area (Å²) in [6, 6.07) is 3.01. The standard InChI is InChI=1S/C17H25N3O4.2ClH/c1-12-2-3-14(20(22)23)15(17(12)21)16(13-4-10-24-11-5-13)19-8-6-18-7-9-19;;/h2-3,13,16,18,21H,4-11H2,1H3;2*1H/t16-;;/m0../s1. The number of phenolic OH excluding ortho intramolecular Hbond substituents is 1. The van der Waals surface area contributed by atoms with Crippen molar-refractivity contribution in [1.29, 1.82) is 0 Å². The minimum absolute atomic E-state index is 0. The van der Waals surface area contributed by atoms with Crippen LogP contribution in [0.25, 0.3) is 0 Å². The number of nitrogens with zero attached hydrogens (tertiary/aromatic N) is 2. The van der Waals surface area contributed by atoms with Gasteiger partial charge in [-0.05, 0) is 37.3 Å². The molecule has 2 aliphatic heterocycles. The van der Waals surface area contributed by atoms with Crippen LogP contribution in [-0.4, -0.2) is 54.3 Å². The molecule has 26 heavy (non-hydrogen) atoms. The highest BCUT2D eigenvalue weighted by molar-refractivity contribution is 5.85. The van der Waals surface area contributed by atoms with Crippen LogP contribution in [0.15, 0.2) is 12.1 Å². The fourth-order valence-electron chi connectivity index (χ4n) is 3.87. The third kappa shape index (κ3) is 4.78. The molecule has 7 nitrogen and oxygen atoms in total. The highest BCUT2D eigenvalue weighted by Crippen LogP contribution is 2.44. The Bertz CT molecular complexity index is 588. The summed E-state index contributed by atoms with van der Waals surface area (Å²) in [5.74, 6) is 0.322. The lowest BCUT2D eigenvalue weighted by Crippen LogP contribution is -2.47. The number of hydrogen-bond donors (Lipinski definition) is 2. The van der Waals surface area contributed by atoms with Crippen LogP contribution < -0.4 is 5.32 Å². The van der Waals surface area contributed by atoms with E-state index < -0.39 is 0 Å². The predicted octanol–water partition coefficient (Wildman–Crippen LogP) is 2.83. The van der Waals surface area contributed by atoms with Crippen LogP contribution in [0.4, 0.5) is 5.69 Å². The monoisotopic (exact) mass is 407 g/mol. The summed E-state index contributed by atoms with van der Waals surface area (Å²) in [4.78, 5) is 13.5. The molecule has 148 valence electrons. The van der Waals surface area contributed by atoms with Gasteiger partial charge >= 0.3 is 0 Å². The van der Waals surface area contributed by atoms with E-state index in [1.54, 1.807) is 13.0 Å². The van der Waals surface area contributed by atoms with Crippen molar-refractivity contribution < 1.29 is 14.8 Å². The van der Waals surface area contributed by atoms with E-state index in [1.807, 2.05) is 0 Å². The molecular weight excluding hydrogens is 381 g/mol. The van der Waals surface area contributed by atoms with E-state index in [9.17, 15) is 15.2 Å². The number of halogens is 2. The van der Waals surface area contributed by atoms with Crippen molar-refractivity contribution in [2.75, 3.05) is 39.4 Å². The number of piperazine rings is 1. The van der Waals surface area contributed by atoms with Crippen molar-refractivity contribution in [2.45, 2.75) is 25.8 Å². The van der Waals surface area contributed by atoms with Gasteiger partial charge < -0.3 is 15.2 Å². The van der Waals surface area contributed by atoms with Crippen LogP contribution in [-0.2, 0) is 4.74 Å². The summed E-state index contributed by atoms with van der Waals surface area (Å²) < 4.78 is 5.48. The van der Waals surface area contributed by atoms with Gasteiger partial charge in [-0.2, -0.15) is 0 Å². The Hall–Kier alpha value is -1.12. The number of benzene rings is 1. The molecule has 0 unspecified atom stereocenters. The van der Waals surface area contributed by atoms with Crippen molar-refractivity contribution in [3.05, 3.63) is 33.4 Å². The molecule has 0 radical (unpaired) electrons. The van der Waals surface area contributed by atoms with Gasteiger partial charge in [0.1, 0.15) is 5.75 Å². The zero-order chi connectivity index (χ0) is 17.1. The second-order valence-electron chi connectivity index (χ2n) is 6.60. The van der Waals surface area contributed by atoms with Crippen LogP contribution in [0.3, 0.4) is 0 Å². The zero-order valence-corrected chi connectivity index (χ0v) is 16.5. The SMILES string of the molecule is Cc1ccc([N+](=O)[O-])c([C@H](C2CCOCC2)N2CCNCC2)c1O.Cl.Cl. The van der Waals surface area contributed by atoms with Crippen molar-refractivity contribution in [2.24, 2.45) is 5.92 Å². The molecule has 2 fully saturated rings. The molecule has 1 atom stereocenters. The van der Waals surface area contributed by atoms with Gasteiger partial charge in [-0.3, -0.25) is 15.0 Å². The molecule has 1 aromatic rings. The van der Waals surface area contributed by atoms with Gasteiger partial charge in [-0.15, -0.1) is 24.8 Å². The Morgan fingerprint density at radius 3 is 2.46 bits per heavy atom. The van der Waals surface area contributed by atoms with Crippen LogP contribution >= 0.6 is 24.8 Å². The Morgan fingerprint density at radius 2 is 1.88 bits per heavy atom. The molecular formula is C17H27Cl2N3O4. The molecule has 0 bridgehead atoms. The van der Waals surface area contributed by atoms with E-state index in [0.717, 1.165) is 39.0 Å². The van der Waals surface area contributed by atoms with Crippen molar-refractivity contribution in [3.63, 3.8) is 0 Å². The lowest BCUT2D eigenvalue weighted by molar-refractivity contribution is -0.386. The molecule has 0 saturated carbocycles. The first kappa shape index (κ1) is 22.9. The molecule has 3 rings (SSSR count). The van der Waals surface area contributed by atoms with E-state index in [1.165, 1.54) is 6.07 Å². The van der Waals surface area contributed by atoms with E-state index >= 15 is 0 Å². The first-order valence-electron chi connectivity index (χ1n) is 8.59. The second kappa shape index (κ2) is 10.3. The Morgan fingerprint density at radius 1 is 1.27 bits per heavy atom. The summed E-state index contributed by atoms with van der Waals surface area (Å²) in [6.45, 7) is 6.52. The number of rotatable bonds is 4. The average Bonchev–Trinajstić information content (AvgIpc) is 2.60. The van der Waals surface area contributed by atoms with Crippen molar-refractivity contribution in [3.8, 4) is 5.75 Å². The van der Waals surface area contributed by atoms with Crippen LogP contribution in [0.5, 0.6) is 5.75 Å². The summed E-state index contributed by atoms with van der Waals surface area (Å²) in [6.07, 6.45) is 1.72. The van der Waals surface area contributed by atoms with Gasteiger partial charge in [0, 0.05) is 51.5 Å². The number of nitrogens with one attached hydrogen (secondary N) is 1. The molecule has 0 amide bonds. The highest BCUT2D eigenvalue weighted by Gasteiger charge is 2.37. The minimum Gasteiger partial charge on any atom is -0.507 e. The van der Waals surface area contributed by atoms with E-state index in [-0.39, 0.29) is 53.1 Å². The van der Waals surface area contributed by atoms with Crippen molar-refractivity contribution >= 4 is 30.5 Å². The van der Waals surface area contributed by atoms with Crippen LogP contribution in [0.1, 0.15) is 30.0 Å². The average molecular weight is 408 g/mol. The lowest BCUT2D eigenvalue weighted by atomic mass is 9.83. The minimum atomic E-state index is -0.372. The molecule has 2 heterocycles. The number of ether oxygens (including phenoxy) is 1. The van der Waals surface area contributed by atoms with E-state index in [2.05, 4.69) is 10.2 Å². The summed E-state index contributed by atoms with van der Waals surface area (Å²) in [5.41, 5.74) is 1.18. The number of phenols is 1. The molecule has 9 heteroatoms. The largest absolute Gasteiger partial charge is 0.507 e. The zero-order valence-electron chi connectivity index (χ0n) is 14.8. The quantitative estimate of drug-likeness (QED) is 0.589. The smallest absolute Gasteiger partial charge is 0.277 e. The van der Waals surface area contributed by atoms with Gasteiger partial charge in [0.25, 0.3) is 5.69 Å². The third-order valence-corrected chi connectivity index (χ3v) is 5.15. The van der Waals surface area contributed by atoms with E-state index in [0.29, 0.717) is 24.3 Å². The maximum absolute atomic E-state index is 11.6. The summed E-state index contributed by atoms with van der Waals surface area (Å²) in [7, 11) is 0. The number of nitro groups is 1. The summed E-state index contributed by atoms with van der Waals surface area (Å²) >= 11 is 0. The lowest BCUT2D eigenvalue weighted by Gasteiger charge is -2.41. The fraction of sp³-hybridized carbons (Fsp3) is 0.647. The van der Waals surface area contributed by atoms with Gasteiger partial charge in [-0.25, -0.2) is 0 Å². The number of aromatic hydroxyl groups is 1. The first-order chi connectivity index (χ1) is 11.6. The van der Waals surface area contributed by atoms with Gasteiger partial charge in [0.05, 0.1) is 10.5 Å². The molecule has 1 aromatic carbocycles. The molecule has 0 aromatic heterocycles. The number of nitro benzene ring substituents is 1. The maximum atomic E-state index is 11.6. The molecule has 2 N–H and O–H groups in total. The highest BCUT2D eigenvalue weighted by atomic mass is 35.5. The fourth-order valence-corrected chi connectivity index (χ4v) is 3.87. The van der Waals surface area contributed by atoms with E-state index in [4.69, 9.17) is 4.74 Å². The third-order valence-electron chi connectivity index (χ3n) is 5.15. The molecule has 2 saturated heterocycles. The number of hydrogen-bond acceptors (Lipinski definition) is 6. The summed E-state index contributed by atoms with van der Waals surface area (Å²) in [5, 5.41) is 25.6. The molecule has 0 spiro atoms. The topological polar surface area (TPSA) is 87.9 Å². The predicted molar refractivity (Wildman–Crippen MR) is 105 cm³/mol. The van der Waals surface area contributed by atoms with Gasteiger partial charge in [0.15, 0.2) is 0 Å². The normalized spacial score (nSPS) is 19.9. The Balaban J connectivity index is 0.00000169. The van der Waals surface area contributed by atoms with Gasteiger partial charge in [0.2, 0.25) is 0 Å². The first-order valence-corrected chi connectivity index (χ1v) is 8.59. The van der Waals surface area contributed by atoms with Crippen molar-refractivity contribution in [1.82, 2.24) is 10.2 Å². The molecule has 0 aliphatic carbocycles.